The van der Waals surface area contributed by atoms with E-state index in [0.717, 1.165) is 38.9 Å². The smallest absolute Gasteiger partial charge is 0.140 e. The second-order valence-corrected chi connectivity index (χ2v) is 5.85. The van der Waals surface area contributed by atoms with Gasteiger partial charge in [-0.25, -0.2) is 8.42 Å². The number of hydrogen-bond acceptors (Lipinski definition) is 5. The highest BCUT2D eigenvalue weighted by Gasteiger charge is 2.20. The molecule has 0 radical (unpaired) electrons. The molecular formula is C11H20N4O2S. The van der Waals surface area contributed by atoms with Crippen LogP contribution in [0.1, 0.15) is 25.3 Å². The average molecular weight is 272 g/mol. The van der Waals surface area contributed by atoms with Crippen LogP contribution in [0.15, 0.2) is 12.4 Å². The van der Waals surface area contributed by atoms with Gasteiger partial charge in [0, 0.05) is 25.0 Å². The van der Waals surface area contributed by atoms with E-state index in [1.165, 1.54) is 0 Å². The third kappa shape index (κ3) is 3.71. The molecule has 0 aliphatic carbocycles. The molecule has 2 heterocycles. The van der Waals surface area contributed by atoms with Crippen LogP contribution in [0.3, 0.4) is 0 Å². The molecule has 0 atom stereocenters. The van der Waals surface area contributed by atoms with Crippen molar-refractivity contribution in [1.82, 2.24) is 14.7 Å². The van der Waals surface area contributed by atoms with Crippen molar-refractivity contribution in [3.8, 4) is 0 Å². The summed E-state index contributed by atoms with van der Waals surface area (Å²) in [7, 11) is -2.22. The van der Waals surface area contributed by atoms with Gasteiger partial charge in [-0.3, -0.25) is 4.68 Å². The summed E-state index contributed by atoms with van der Waals surface area (Å²) in [6.45, 7) is 2.87. The summed E-state index contributed by atoms with van der Waals surface area (Å²) in [5.74, 6) is 0.297. The van der Waals surface area contributed by atoms with Crippen molar-refractivity contribution >= 4 is 16.4 Å². The van der Waals surface area contributed by atoms with Gasteiger partial charge < -0.3 is 10.6 Å². The van der Waals surface area contributed by atoms with E-state index in [4.69, 9.17) is 5.73 Å². The van der Waals surface area contributed by atoms with Crippen LogP contribution < -0.4 is 5.73 Å². The average Bonchev–Trinajstić information content (AvgIpc) is 2.76. The van der Waals surface area contributed by atoms with Crippen LogP contribution in [0.25, 0.3) is 0 Å². The number of rotatable bonds is 5. The van der Waals surface area contributed by atoms with Gasteiger partial charge in [0.25, 0.3) is 0 Å². The van der Waals surface area contributed by atoms with Crippen LogP contribution >= 0.6 is 0 Å². The minimum absolute atomic E-state index is 0.297. The molecule has 0 bridgehead atoms. The molecule has 6 nitrogen and oxygen atoms in total. The first-order chi connectivity index (χ1) is 8.65. The first-order valence-electron chi connectivity index (χ1n) is 6.29. The lowest BCUT2D eigenvalue weighted by Crippen LogP contribution is -2.35. The third-order valence-corrected chi connectivity index (χ3v) is 4.05. The Morgan fingerprint density at radius 2 is 2.11 bits per heavy atom. The van der Waals surface area contributed by atoms with Crippen LogP contribution in [-0.2, 0) is 10.7 Å². The van der Waals surface area contributed by atoms with E-state index in [1.54, 1.807) is 6.20 Å². The molecule has 7 heteroatoms. The second-order valence-electron chi connectivity index (χ2n) is 4.74. The van der Waals surface area contributed by atoms with Gasteiger partial charge in [-0.15, -0.1) is 0 Å². The van der Waals surface area contributed by atoms with E-state index in [9.17, 15) is 8.42 Å². The number of nitrogens with zero attached hydrogens (tertiary/aromatic N) is 3. The SMILES string of the molecule is Nc1cnn(C2CCN(CCC[SH](=O)=O)CC2)c1. The van der Waals surface area contributed by atoms with Gasteiger partial charge in [-0.2, -0.15) is 5.10 Å². The Morgan fingerprint density at radius 1 is 1.39 bits per heavy atom. The zero-order chi connectivity index (χ0) is 13.0. The molecule has 1 saturated heterocycles. The summed E-state index contributed by atoms with van der Waals surface area (Å²) in [6, 6.07) is 0.426. The van der Waals surface area contributed by atoms with Crippen molar-refractivity contribution in [2.45, 2.75) is 25.3 Å². The Morgan fingerprint density at radius 3 is 2.67 bits per heavy atom. The highest BCUT2D eigenvalue weighted by atomic mass is 32.2. The summed E-state index contributed by atoms with van der Waals surface area (Å²) < 4.78 is 22.9. The second kappa shape index (κ2) is 6.19. The zero-order valence-electron chi connectivity index (χ0n) is 10.4. The lowest BCUT2D eigenvalue weighted by molar-refractivity contribution is 0.180. The van der Waals surface area contributed by atoms with Gasteiger partial charge in [-0.1, -0.05) is 0 Å². The van der Waals surface area contributed by atoms with Gasteiger partial charge in [0.15, 0.2) is 0 Å². The maximum absolute atomic E-state index is 10.5. The van der Waals surface area contributed by atoms with Crippen LogP contribution in [0.5, 0.6) is 0 Å². The van der Waals surface area contributed by atoms with Crippen LogP contribution in [-0.4, -0.2) is 48.5 Å². The minimum atomic E-state index is -2.22. The number of anilines is 1. The molecule has 0 unspecified atom stereocenters. The normalized spacial score (nSPS) is 18.5. The molecule has 1 aliphatic heterocycles. The monoisotopic (exact) mass is 272 g/mol. The standard InChI is InChI=1S/C11H20N4O2S/c12-10-8-13-15(9-10)11-2-5-14(6-3-11)4-1-7-18(16)17/h8-9,11,18H,1-7,12H2. The summed E-state index contributed by atoms with van der Waals surface area (Å²) in [5.41, 5.74) is 6.36. The maximum atomic E-state index is 10.5. The largest absolute Gasteiger partial charge is 0.396 e. The minimum Gasteiger partial charge on any atom is -0.396 e. The maximum Gasteiger partial charge on any atom is 0.140 e. The molecule has 0 aromatic carbocycles. The molecular weight excluding hydrogens is 252 g/mol. The van der Waals surface area contributed by atoms with Gasteiger partial charge >= 0.3 is 0 Å². The summed E-state index contributed by atoms with van der Waals surface area (Å²) in [5, 5.41) is 4.24. The number of hydrogen-bond donors (Lipinski definition) is 2. The van der Waals surface area contributed by atoms with Crippen molar-refractivity contribution in [3.05, 3.63) is 12.4 Å². The molecule has 1 fully saturated rings. The topological polar surface area (TPSA) is 81.2 Å². The molecule has 0 amide bonds. The van der Waals surface area contributed by atoms with E-state index in [-0.39, 0.29) is 0 Å². The summed E-state index contributed by atoms with van der Waals surface area (Å²) >= 11 is 0. The Hall–Kier alpha value is -1.08. The van der Waals surface area contributed by atoms with Crippen molar-refractivity contribution in [3.63, 3.8) is 0 Å². The molecule has 1 aromatic rings. The molecule has 18 heavy (non-hydrogen) atoms. The Bertz CT molecular complexity index is 442. The fourth-order valence-corrected chi connectivity index (χ4v) is 2.78. The van der Waals surface area contributed by atoms with E-state index >= 15 is 0 Å². The van der Waals surface area contributed by atoms with E-state index in [2.05, 4.69) is 10.00 Å². The van der Waals surface area contributed by atoms with Gasteiger partial charge in [0.1, 0.15) is 10.7 Å². The number of thiol groups is 1. The highest BCUT2D eigenvalue weighted by Crippen LogP contribution is 2.22. The lowest BCUT2D eigenvalue weighted by atomic mass is 10.1. The number of nitrogen functional groups attached to an aromatic ring is 1. The first-order valence-corrected chi connectivity index (χ1v) is 7.65. The number of aromatic nitrogens is 2. The predicted molar refractivity (Wildman–Crippen MR) is 71.1 cm³/mol. The zero-order valence-corrected chi connectivity index (χ0v) is 11.3. The van der Waals surface area contributed by atoms with Crippen LogP contribution in [0, 0.1) is 0 Å². The fourth-order valence-electron chi connectivity index (χ4n) is 2.38. The molecule has 1 aromatic heterocycles. The number of nitrogens with two attached hydrogens (primary N) is 1. The highest BCUT2D eigenvalue weighted by molar-refractivity contribution is 7.72. The van der Waals surface area contributed by atoms with Gasteiger partial charge in [0.2, 0.25) is 0 Å². The van der Waals surface area contributed by atoms with E-state index in [0.29, 0.717) is 17.5 Å². The molecule has 0 saturated carbocycles. The van der Waals surface area contributed by atoms with Crippen LogP contribution in [0.4, 0.5) is 5.69 Å². The summed E-state index contributed by atoms with van der Waals surface area (Å²) in [4.78, 5) is 2.32. The van der Waals surface area contributed by atoms with E-state index < -0.39 is 10.7 Å². The first kappa shape index (κ1) is 13.4. The lowest BCUT2D eigenvalue weighted by Gasteiger charge is -2.31. The molecule has 1 aliphatic rings. The van der Waals surface area contributed by atoms with Gasteiger partial charge in [-0.05, 0) is 25.8 Å². The molecule has 2 rings (SSSR count). The predicted octanol–water partition coefficient (Wildman–Crippen LogP) is 0.104. The summed E-state index contributed by atoms with van der Waals surface area (Å²) in [6.07, 6.45) is 6.38. The van der Waals surface area contributed by atoms with Crippen molar-refractivity contribution in [2.75, 3.05) is 31.1 Å². The molecule has 0 spiro atoms. The van der Waals surface area contributed by atoms with E-state index in [1.807, 2.05) is 10.9 Å². The van der Waals surface area contributed by atoms with Crippen LogP contribution in [0.2, 0.25) is 0 Å². The molecule has 102 valence electrons. The Balaban J connectivity index is 1.74. The van der Waals surface area contributed by atoms with Gasteiger partial charge in [0.05, 0.1) is 17.9 Å². The number of piperidine rings is 1. The fraction of sp³-hybridized carbons (Fsp3) is 0.727. The molecule has 2 N–H and O–H groups in total. The Kier molecular flexibility index (Phi) is 4.60. The van der Waals surface area contributed by atoms with Crippen molar-refractivity contribution in [2.24, 2.45) is 0 Å². The third-order valence-electron chi connectivity index (χ3n) is 3.37. The number of likely N-dealkylation sites (tertiary alicyclic amines) is 1. The Labute approximate surface area is 109 Å². The van der Waals surface area contributed by atoms with Crippen molar-refractivity contribution in [1.29, 1.82) is 0 Å². The van der Waals surface area contributed by atoms with Crippen molar-refractivity contribution < 1.29 is 8.42 Å². The quantitative estimate of drug-likeness (QED) is 0.743.